The lowest BCUT2D eigenvalue weighted by Gasteiger charge is -2.19. The van der Waals surface area contributed by atoms with Gasteiger partial charge in [-0.3, -0.25) is 0 Å². The van der Waals surface area contributed by atoms with Crippen molar-refractivity contribution in [3.63, 3.8) is 0 Å². The zero-order chi connectivity index (χ0) is 11.3. The van der Waals surface area contributed by atoms with Crippen LogP contribution in [0.15, 0.2) is 24.3 Å². The van der Waals surface area contributed by atoms with Gasteiger partial charge in [0, 0.05) is 0 Å². The third-order valence-electron chi connectivity index (χ3n) is 2.18. The Bertz CT molecular complexity index is 358. The quantitative estimate of drug-likeness (QED) is 0.706. The summed E-state index contributed by atoms with van der Waals surface area (Å²) in [5.74, 6) is 0.845. The Kier molecular flexibility index (Phi) is 3.74. The first kappa shape index (κ1) is 11.6. The number of benzene rings is 1. The molecule has 0 atom stereocenters. The van der Waals surface area contributed by atoms with Crippen molar-refractivity contribution in [1.82, 2.24) is 0 Å². The van der Waals surface area contributed by atoms with Crippen LogP contribution in [0.5, 0.6) is 5.75 Å². The molecule has 0 aliphatic rings. The first-order valence-corrected chi connectivity index (χ1v) is 5.14. The van der Waals surface area contributed by atoms with Crippen LogP contribution >= 0.6 is 0 Å². The molecule has 0 aromatic heterocycles. The Morgan fingerprint density at radius 3 is 2.67 bits per heavy atom. The molecule has 0 radical (unpaired) electrons. The molecule has 15 heavy (non-hydrogen) atoms. The van der Waals surface area contributed by atoms with E-state index in [1.807, 2.05) is 18.2 Å². The van der Waals surface area contributed by atoms with Crippen LogP contribution in [0.4, 0.5) is 0 Å². The molecule has 2 heteroatoms. The van der Waals surface area contributed by atoms with E-state index in [0.29, 0.717) is 13.0 Å². The fraction of sp³-hybridized carbons (Fsp3) is 0.462. The Morgan fingerprint density at radius 1 is 1.33 bits per heavy atom. The monoisotopic (exact) mass is 203 g/mol. The molecule has 1 aromatic rings. The third kappa shape index (κ3) is 3.63. The van der Waals surface area contributed by atoms with Crippen molar-refractivity contribution in [1.29, 1.82) is 5.26 Å². The van der Waals surface area contributed by atoms with Gasteiger partial charge in [0.2, 0.25) is 0 Å². The summed E-state index contributed by atoms with van der Waals surface area (Å²) in [4.78, 5) is 0. The van der Waals surface area contributed by atoms with Crippen molar-refractivity contribution in [2.24, 2.45) is 0 Å². The Hall–Kier alpha value is -1.49. The van der Waals surface area contributed by atoms with Crippen LogP contribution in [0.1, 0.15) is 32.8 Å². The SMILES string of the molecule is CC(C)(C)c1cccc(OCCC#N)c1. The van der Waals surface area contributed by atoms with Crippen LogP contribution in [0.2, 0.25) is 0 Å². The van der Waals surface area contributed by atoms with Crippen LogP contribution in [-0.2, 0) is 5.41 Å². The third-order valence-corrected chi connectivity index (χ3v) is 2.18. The van der Waals surface area contributed by atoms with E-state index in [0.717, 1.165) is 5.75 Å². The minimum atomic E-state index is 0.134. The van der Waals surface area contributed by atoms with Crippen LogP contribution in [-0.4, -0.2) is 6.61 Å². The summed E-state index contributed by atoms with van der Waals surface area (Å²) in [5, 5.41) is 8.40. The van der Waals surface area contributed by atoms with Gasteiger partial charge >= 0.3 is 0 Å². The molecule has 0 spiro atoms. The molecule has 1 aromatic carbocycles. The molecular weight excluding hydrogens is 186 g/mol. The molecule has 0 N–H and O–H groups in total. The number of rotatable bonds is 3. The summed E-state index contributed by atoms with van der Waals surface area (Å²) in [6.45, 7) is 6.97. The van der Waals surface area contributed by atoms with Crippen molar-refractivity contribution in [3.05, 3.63) is 29.8 Å². The van der Waals surface area contributed by atoms with E-state index in [1.165, 1.54) is 5.56 Å². The van der Waals surface area contributed by atoms with Crippen LogP contribution in [0, 0.1) is 11.3 Å². The van der Waals surface area contributed by atoms with Crippen molar-refractivity contribution in [3.8, 4) is 11.8 Å². The molecule has 0 bridgehead atoms. The lowest BCUT2D eigenvalue weighted by Crippen LogP contribution is -2.11. The maximum atomic E-state index is 8.40. The Balaban J connectivity index is 2.71. The molecule has 0 fully saturated rings. The molecule has 0 aliphatic heterocycles. The maximum absolute atomic E-state index is 8.40. The number of nitrogens with zero attached hydrogens (tertiary/aromatic N) is 1. The van der Waals surface area contributed by atoms with Crippen molar-refractivity contribution < 1.29 is 4.74 Å². The van der Waals surface area contributed by atoms with E-state index >= 15 is 0 Å². The molecule has 0 unspecified atom stereocenters. The fourth-order valence-corrected chi connectivity index (χ4v) is 1.27. The molecule has 0 heterocycles. The molecule has 0 aliphatic carbocycles. The fourth-order valence-electron chi connectivity index (χ4n) is 1.27. The second-order valence-electron chi connectivity index (χ2n) is 4.53. The molecule has 0 saturated heterocycles. The zero-order valence-corrected chi connectivity index (χ0v) is 9.58. The van der Waals surface area contributed by atoms with Gasteiger partial charge in [-0.2, -0.15) is 5.26 Å². The summed E-state index contributed by atoms with van der Waals surface area (Å²) in [5.41, 5.74) is 1.38. The second kappa shape index (κ2) is 4.84. The molecular formula is C13H17NO. The number of nitriles is 1. The normalized spacial score (nSPS) is 10.8. The van der Waals surface area contributed by atoms with Crippen molar-refractivity contribution >= 4 is 0 Å². The maximum Gasteiger partial charge on any atom is 0.119 e. The van der Waals surface area contributed by atoms with Gasteiger partial charge in [0.1, 0.15) is 12.4 Å². The van der Waals surface area contributed by atoms with Gasteiger partial charge in [-0.25, -0.2) is 0 Å². The van der Waals surface area contributed by atoms with Gasteiger partial charge in [0.25, 0.3) is 0 Å². The van der Waals surface area contributed by atoms with Gasteiger partial charge in [0.15, 0.2) is 0 Å². The van der Waals surface area contributed by atoms with E-state index in [2.05, 4.69) is 32.9 Å². The average Bonchev–Trinajstić information content (AvgIpc) is 2.17. The summed E-state index contributed by atoms with van der Waals surface area (Å²) in [6, 6.07) is 10.1. The zero-order valence-electron chi connectivity index (χ0n) is 9.58. The summed E-state index contributed by atoms with van der Waals surface area (Å²) >= 11 is 0. The summed E-state index contributed by atoms with van der Waals surface area (Å²) in [6.07, 6.45) is 0.430. The van der Waals surface area contributed by atoms with Gasteiger partial charge in [-0.1, -0.05) is 32.9 Å². The highest BCUT2D eigenvalue weighted by molar-refractivity contribution is 5.32. The predicted molar refractivity (Wildman–Crippen MR) is 60.9 cm³/mol. The summed E-state index contributed by atoms with van der Waals surface area (Å²) < 4.78 is 5.46. The van der Waals surface area contributed by atoms with E-state index in [9.17, 15) is 0 Å². The highest BCUT2D eigenvalue weighted by Gasteiger charge is 2.13. The van der Waals surface area contributed by atoms with Crippen LogP contribution in [0.3, 0.4) is 0 Å². The standard InChI is InChI=1S/C13H17NO/c1-13(2,3)11-6-4-7-12(10-11)15-9-5-8-14/h4,6-7,10H,5,9H2,1-3H3. The highest BCUT2D eigenvalue weighted by Crippen LogP contribution is 2.25. The van der Waals surface area contributed by atoms with Crippen molar-refractivity contribution in [2.45, 2.75) is 32.6 Å². The highest BCUT2D eigenvalue weighted by atomic mass is 16.5. The Morgan fingerprint density at radius 2 is 2.07 bits per heavy atom. The lowest BCUT2D eigenvalue weighted by molar-refractivity contribution is 0.325. The number of hydrogen-bond donors (Lipinski definition) is 0. The molecule has 80 valence electrons. The van der Waals surface area contributed by atoms with Crippen LogP contribution < -0.4 is 4.74 Å². The molecule has 2 nitrogen and oxygen atoms in total. The average molecular weight is 203 g/mol. The van der Waals surface area contributed by atoms with E-state index < -0.39 is 0 Å². The number of ether oxygens (including phenoxy) is 1. The minimum Gasteiger partial charge on any atom is -0.493 e. The summed E-state index contributed by atoms with van der Waals surface area (Å²) in [7, 11) is 0. The molecule has 0 saturated carbocycles. The lowest BCUT2D eigenvalue weighted by atomic mass is 9.87. The van der Waals surface area contributed by atoms with E-state index in [4.69, 9.17) is 10.00 Å². The first-order valence-electron chi connectivity index (χ1n) is 5.14. The predicted octanol–water partition coefficient (Wildman–Crippen LogP) is 3.28. The molecule has 0 amide bonds. The largest absolute Gasteiger partial charge is 0.493 e. The van der Waals surface area contributed by atoms with E-state index in [-0.39, 0.29) is 5.41 Å². The topological polar surface area (TPSA) is 33.0 Å². The van der Waals surface area contributed by atoms with Gasteiger partial charge in [-0.05, 0) is 23.1 Å². The van der Waals surface area contributed by atoms with Gasteiger partial charge in [0.05, 0.1) is 12.5 Å². The Labute approximate surface area is 91.5 Å². The van der Waals surface area contributed by atoms with Gasteiger partial charge in [-0.15, -0.1) is 0 Å². The van der Waals surface area contributed by atoms with Crippen molar-refractivity contribution in [2.75, 3.05) is 6.61 Å². The second-order valence-corrected chi connectivity index (χ2v) is 4.53. The first-order chi connectivity index (χ1) is 7.04. The smallest absolute Gasteiger partial charge is 0.119 e. The van der Waals surface area contributed by atoms with Crippen LogP contribution in [0.25, 0.3) is 0 Å². The van der Waals surface area contributed by atoms with Gasteiger partial charge < -0.3 is 4.74 Å². The molecule has 1 rings (SSSR count). The number of hydrogen-bond acceptors (Lipinski definition) is 2. The minimum absolute atomic E-state index is 0.134. The van der Waals surface area contributed by atoms with E-state index in [1.54, 1.807) is 0 Å².